The van der Waals surface area contributed by atoms with E-state index in [0.29, 0.717) is 36.8 Å². The monoisotopic (exact) mass is 349 g/mol. The van der Waals surface area contributed by atoms with Crippen molar-refractivity contribution in [1.82, 2.24) is 20.0 Å². The van der Waals surface area contributed by atoms with E-state index in [1.54, 1.807) is 6.92 Å². The van der Waals surface area contributed by atoms with Crippen molar-refractivity contribution < 1.29 is 19.2 Å². The molecule has 1 aromatic heterocycles. The zero-order chi connectivity index (χ0) is 18.1. The molecule has 9 heteroatoms. The summed E-state index contributed by atoms with van der Waals surface area (Å²) >= 11 is 0. The summed E-state index contributed by atoms with van der Waals surface area (Å²) in [6.07, 6.45) is 0.251. The molecule has 0 aliphatic carbocycles. The molecule has 25 heavy (non-hydrogen) atoms. The number of hydrazone groups is 1. The van der Waals surface area contributed by atoms with Crippen LogP contribution in [0.4, 0.5) is 0 Å². The first kappa shape index (κ1) is 17.5. The van der Waals surface area contributed by atoms with Crippen LogP contribution in [0.5, 0.6) is 0 Å². The number of hydrogen-bond donors (Lipinski definition) is 1. The molecule has 3 heterocycles. The Kier molecular flexibility index (Phi) is 4.85. The van der Waals surface area contributed by atoms with Gasteiger partial charge in [-0.2, -0.15) is 10.1 Å². The van der Waals surface area contributed by atoms with Gasteiger partial charge in [-0.1, -0.05) is 19.0 Å². The van der Waals surface area contributed by atoms with Gasteiger partial charge in [-0.15, -0.1) is 0 Å². The molecule has 0 saturated carbocycles. The quantitative estimate of drug-likeness (QED) is 0.854. The van der Waals surface area contributed by atoms with Crippen molar-refractivity contribution in [2.45, 2.75) is 52.2 Å². The Morgan fingerprint density at radius 3 is 2.80 bits per heavy atom. The molecule has 0 radical (unpaired) electrons. The summed E-state index contributed by atoms with van der Waals surface area (Å²) in [5.74, 6) is 0.681. The summed E-state index contributed by atoms with van der Waals surface area (Å²) in [7, 11) is 0. The van der Waals surface area contributed by atoms with Crippen molar-refractivity contribution in [3.05, 3.63) is 11.7 Å². The highest BCUT2D eigenvalue weighted by atomic mass is 16.5. The zero-order valence-electron chi connectivity index (χ0n) is 14.7. The number of amides is 2. The van der Waals surface area contributed by atoms with E-state index in [9.17, 15) is 14.7 Å². The lowest BCUT2D eigenvalue weighted by Crippen LogP contribution is -2.42. The number of β-amino-alcohol motifs (C(OH)–C–C–N with tert-alkyl or cyclic N) is 1. The molecule has 1 fully saturated rings. The molecule has 0 spiro atoms. The Bertz CT molecular complexity index is 698. The van der Waals surface area contributed by atoms with E-state index in [1.807, 2.05) is 13.8 Å². The zero-order valence-corrected chi connectivity index (χ0v) is 14.7. The maximum Gasteiger partial charge on any atom is 0.270 e. The number of likely N-dealkylation sites (tertiary alicyclic amines) is 1. The summed E-state index contributed by atoms with van der Waals surface area (Å²) in [5.41, 5.74) is 0.329. The average molecular weight is 349 g/mol. The van der Waals surface area contributed by atoms with Gasteiger partial charge in [0.15, 0.2) is 5.82 Å². The molecule has 0 unspecified atom stereocenters. The lowest BCUT2D eigenvalue weighted by molar-refractivity contribution is -0.132. The van der Waals surface area contributed by atoms with Crippen molar-refractivity contribution in [1.29, 1.82) is 0 Å². The largest absolute Gasteiger partial charge is 0.391 e. The van der Waals surface area contributed by atoms with Crippen LogP contribution in [-0.4, -0.2) is 61.9 Å². The van der Waals surface area contributed by atoms with E-state index in [2.05, 4.69) is 15.2 Å². The molecule has 2 atom stereocenters. The van der Waals surface area contributed by atoms with Gasteiger partial charge in [0.2, 0.25) is 11.8 Å². The fourth-order valence-corrected chi connectivity index (χ4v) is 3.13. The second kappa shape index (κ2) is 6.91. The third-order valence-electron chi connectivity index (χ3n) is 4.26. The minimum absolute atomic E-state index is 0.0733. The molecule has 0 aromatic carbocycles. The fourth-order valence-electron chi connectivity index (χ4n) is 3.13. The van der Waals surface area contributed by atoms with Crippen molar-refractivity contribution in [3.8, 4) is 0 Å². The summed E-state index contributed by atoms with van der Waals surface area (Å²) < 4.78 is 5.18. The van der Waals surface area contributed by atoms with Crippen molar-refractivity contribution >= 4 is 17.5 Å². The third-order valence-corrected chi connectivity index (χ3v) is 4.26. The minimum atomic E-state index is -0.654. The molecule has 2 amide bonds. The molecule has 9 nitrogen and oxygen atoms in total. The molecule has 0 bridgehead atoms. The van der Waals surface area contributed by atoms with Crippen molar-refractivity contribution in [2.24, 2.45) is 11.0 Å². The summed E-state index contributed by atoms with van der Waals surface area (Å²) in [6, 6.07) is -0.470. The van der Waals surface area contributed by atoms with Crippen LogP contribution in [0.3, 0.4) is 0 Å². The Morgan fingerprint density at radius 1 is 1.40 bits per heavy atom. The number of aliphatic hydroxyl groups excluding tert-OH is 1. The van der Waals surface area contributed by atoms with Gasteiger partial charge < -0.3 is 14.5 Å². The van der Waals surface area contributed by atoms with Crippen LogP contribution in [0, 0.1) is 12.8 Å². The van der Waals surface area contributed by atoms with E-state index in [0.717, 1.165) is 0 Å². The van der Waals surface area contributed by atoms with E-state index in [-0.39, 0.29) is 30.7 Å². The normalized spacial score (nSPS) is 24.2. The minimum Gasteiger partial charge on any atom is -0.391 e. The number of aliphatic hydroxyl groups is 1. The van der Waals surface area contributed by atoms with Crippen LogP contribution in [0.2, 0.25) is 0 Å². The van der Waals surface area contributed by atoms with E-state index >= 15 is 0 Å². The Balaban J connectivity index is 1.82. The molecule has 1 aromatic rings. The molecular weight excluding hydrogens is 326 g/mol. The number of aromatic nitrogens is 2. The number of aryl methyl sites for hydroxylation is 1. The second-order valence-electron chi connectivity index (χ2n) is 6.96. The SMILES string of the molecule is Cc1noc([C@H]2C[C@@H](O)CN2C(=O)C2=NN(CC(C)C)C(=O)CC2)n1. The predicted molar refractivity (Wildman–Crippen MR) is 87.3 cm³/mol. The van der Waals surface area contributed by atoms with Crippen LogP contribution in [-0.2, 0) is 9.59 Å². The van der Waals surface area contributed by atoms with Crippen LogP contribution < -0.4 is 0 Å². The van der Waals surface area contributed by atoms with Gasteiger partial charge in [-0.05, 0) is 12.8 Å². The smallest absolute Gasteiger partial charge is 0.270 e. The molecule has 1 saturated heterocycles. The van der Waals surface area contributed by atoms with Gasteiger partial charge >= 0.3 is 0 Å². The Labute approximate surface area is 145 Å². The van der Waals surface area contributed by atoms with Gasteiger partial charge in [-0.3, -0.25) is 9.59 Å². The average Bonchev–Trinajstić information content (AvgIpc) is 3.14. The highest BCUT2D eigenvalue weighted by Crippen LogP contribution is 2.32. The highest BCUT2D eigenvalue weighted by Gasteiger charge is 2.41. The summed E-state index contributed by atoms with van der Waals surface area (Å²) in [5, 5.41) is 19.4. The molecule has 2 aliphatic rings. The highest BCUT2D eigenvalue weighted by molar-refractivity contribution is 6.39. The number of carbonyl (C=O) groups excluding carboxylic acids is 2. The summed E-state index contributed by atoms with van der Waals surface area (Å²) in [4.78, 5) is 30.6. The maximum absolute atomic E-state index is 12.9. The lowest BCUT2D eigenvalue weighted by atomic mass is 10.1. The van der Waals surface area contributed by atoms with Crippen LogP contribution in [0.25, 0.3) is 0 Å². The van der Waals surface area contributed by atoms with E-state index < -0.39 is 12.1 Å². The Morgan fingerprint density at radius 2 is 2.16 bits per heavy atom. The van der Waals surface area contributed by atoms with Gasteiger partial charge in [0.05, 0.1) is 6.10 Å². The molecular formula is C16H23N5O4. The number of carbonyl (C=O) groups is 2. The second-order valence-corrected chi connectivity index (χ2v) is 6.96. The van der Waals surface area contributed by atoms with E-state index in [4.69, 9.17) is 4.52 Å². The molecule has 1 N–H and O–H groups in total. The topological polar surface area (TPSA) is 112 Å². The standard InChI is InChI=1S/C16H23N5O4/c1-9(2)7-21-14(23)5-4-12(18-21)16(24)20-8-11(22)6-13(20)15-17-10(3)19-25-15/h9,11,13,22H,4-8H2,1-3H3/t11-,13-/m1/s1. The van der Waals surface area contributed by atoms with Crippen LogP contribution >= 0.6 is 0 Å². The number of nitrogens with zero attached hydrogens (tertiary/aromatic N) is 5. The first-order chi connectivity index (χ1) is 11.8. The third kappa shape index (κ3) is 3.71. The number of rotatable bonds is 4. The van der Waals surface area contributed by atoms with Gasteiger partial charge in [-0.25, -0.2) is 5.01 Å². The first-order valence-electron chi connectivity index (χ1n) is 8.52. The van der Waals surface area contributed by atoms with Crippen molar-refractivity contribution in [2.75, 3.05) is 13.1 Å². The first-order valence-corrected chi connectivity index (χ1v) is 8.52. The van der Waals surface area contributed by atoms with Crippen LogP contribution in [0.1, 0.15) is 50.9 Å². The van der Waals surface area contributed by atoms with Crippen LogP contribution in [0.15, 0.2) is 9.62 Å². The van der Waals surface area contributed by atoms with Gasteiger partial charge in [0.1, 0.15) is 11.8 Å². The molecule has 136 valence electrons. The number of hydrogen-bond acceptors (Lipinski definition) is 7. The maximum atomic E-state index is 12.9. The molecule has 3 rings (SSSR count). The van der Waals surface area contributed by atoms with Gasteiger partial charge in [0.25, 0.3) is 5.91 Å². The van der Waals surface area contributed by atoms with Crippen molar-refractivity contribution in [3.63, 3.8) is 0 Å². The molecule has 2 aliphatic heterocycles. The Hall–Kier alpha value is -2.29. The lowest BCUT2D eigenvalue weighted by Gasteiger charge is -2.27. The van der Waals surface area contributed by atoms with Gasteiger partial charge in [0, 0.05) is 32.4 Å². The van der Waals surface area contributed by atoms with E-state index in [1.165, 1.54) is 9.91 Å². The summed E-state index contributed by atoms with van der Waals surface area (Å²) in [6.45, 7) is 6.34. The predicted octanol–water partition coefficient (Wildman–Crippen LogP) is 0.647. The fraction of sp³-hybridized carbons (Fsp3) is 0.688.